The molecule has 1 aromatic heterocycles. The zero-order chi connectivity index (χ0) is 13.1. The summed E-state index contributed by atoms with van der Waals surface area (Å²) in [7, 11) is 1.63. The molecule has 2 aromatic rings. The number of anilines is 1. The van der Waals surface area contributed by atoms with Crippen LogP contribution in [0.15, 0.2) is 23.6 Å². The molecule has 0 bridgehead atoms. The van der Waals surface area contributed by atoms with Crippen molar-refractivity contribution in [2.75, 3.05) is 12.4 Å². The van der Waals surface area contributed by atoms with E-state index < -0.39 is 0 Å². The van der Waals surface area contributed by atoms with Gasteiger partial charge in [0.1, 0.15) is 5.75 Å². The number of hydrogen-bond acceptors (Lipinski definition) is 3. The molecule has 5 heteroatoms. The predicted octanol–water partition coefficient (Wildman–Crippen LogP) is 4.98. The van der Waals surface area contributed by atoms with Gasteiger partial charge in [-0.05, 0) is 24.6 Å². The highest BCUT2D eigenvalue weighted by atomic mass is 35.5. The third-order valence-electron chi connectivity index (χ3n) is 2.56. The van der Waals surface area contributed by atoms with Crippen LogP contribution in [0.4, 0.5) is 5.69 Å². The second-order valence-corrected chi connectivity index (χ2v) is 5.73. The Bertz CT molecular complexity index is 554. The fourth-order valence-electron chi connectivity index (χ4n) is 1.60. The first kappa shape index (κ1) is 13.5. The Hall–Kier alpha value is -0.900. The minimum Gasteiger partial charge on any atom is -0.495 e. The van der Waals surface area contributed by atoms with Crippen LogP contribution < -0.4 is 10.1 Å². The standard InChI is InChI=1S/C13H13Cl2NOS/c1-8-3-12(13(17-2)5-11(8)15)16-6-10-4-9(14)7-18-10/h3-5,7,16H,6H2,1-2H3. The monoisotopic (exact) mass is 301 g/mol. The van der Waals surface area contributed by atoms with E-state index in [9.17, 15) is 0 Å². The Morgan fingerprint density at radius 3 is 2.67 bits per heavy atom. The summed E-state index contributed by atoms with van der Waals surface area (Å²) in [5.74, 6) is 0.744. The van der Waals surface area contributed by atoms with Gasteiger partial charge in [0.15, 0.2) is 0 Å². The molecule has 0 radical (unpaired) electrons. The van der Waals surface area contributed by atoms with Crippen LogP contribution in [-0.2, 0) is 6.54 Å². The van der Waals surface area contributed by atoms with E-state index in [0.29, 0.717) is 5.02 Å². The number of methoxy groups -OCH3 is 1. The van der Waals surface area contributed by atoms with Gasteiger partial charge in [0.25, 0.3) is 0 Å². The molecule has 1 heterocycles. The number of hydrogen-bond donors (Lipinski definition) is 1. The summed E-state index contributed by atoms with van der Waals surface area (Å²) in [5, 5.41) is 6.73. The SMILES string of the molecule is COc1cc(Cl)c(C)cc1NCc1cc(Cl)cs1. The lowest BCUT2D eigenvalue weighted by atomic mass is 10.2. The molecule has 0 fully saturated rings. The number of benzene rings is 1. The summed E-state index contributed by atoms with van der Waals surface area (Å²) < 4.78 is 5.31. The van der Waals surface area contributed by atoms with Gasteiger partial charge in [-0.15, -0.1) is 11.3 Å². The van der Waals surface area contributed by atoms with Crippen molar-refractivity contribution in [1.29, 1.82) is 0 Å². The maximum Gasteiger partial charge on any atom is 0.143 e. The molecule has 0 aliphatic heterocycles. The van der Waals surface area contributed by atoms with Crippen LogP contribution in [0.25, 0.3) is 0 Å². The number of ether oxygens (including phenoxy) is 1. The molecule has 0 aliphatic carbocycles. The molecule has 2 rings (SSSR count). The third-order valence-corrected chi connectivity index (χ3v) is 4.25. The summed E-state index contributed by atoms with van der Waals surface area (Å²) in [5.41, 5.74) is 1.95. The quantitative estimate of drug-likeness (QED) is 0.859. The van der Waals surface area contributed by atoms with E-state index in [1.54, 1.807) is 18.4 Å². The fraction of sp³-hybridized carbons (Fsp3) is 0.231. The molecule has 0 atom stereocenters. The lowest BCUT2D eigenvalue weighted by Gasteiger charge is -2.12. The van der Waals surface area contributed by atoms with Gasteiger partial charge in [-0.2, -0.15) is 0 Å². The maximum atomic E-state index is 6.06. The lowest BCUT2D eigenvalue weighted by molar-refractivity contribution is 0.416. The van der Waals surface area contributed by atoms with E-state index in [1.807, 2.05) is 30.5 Å². The van der Waals surface area contributed by atoms with Crippen molar-refractivity contribution >= 4 is 40.2 Å². The van der Waals surface area contributed by atoms with Crippen LogP contribution in [0, 0.1) is 6.92 Å². The van der Waals surface area contributed by atoms with Crippen LogP contribution >= 0.6 is 34.5 Å². The van der Waals surface area contributed by atoms with Crippen molar-refractivity contribution in [2.45, 2.75) is 13.5 Å². The van der Waals surface area contributed by atoms with E-state index in [2.05, 4.69) is 5.32 Å². The minimum atomic E-state index is 0.705. The van der Waals surface area contributed by atoms with Crippen molar-refractivity contribution < 1.29 is 4.74 Å². The van der Waals surface area contributed by atoms with Gasteiger partial charge >= 0.3 is 0 Å². The fourth-order valence-corrected chi connectivity index (χ4v) is 2.77. The van der Waals surface area contributed by atoms with Crippen molar-refractivity contribution in [1.82, 2.24) is 0 Å². The van der Waals surface area contributed by atoms with Gasteiger partial charge < -0.3 is 10.1 Å². The van der Waals surface area contributed by atoms with Crippen LogP contribution in [-0.4, -0.2) is 7.11 Å². The average Bonchev–Trinajstić information content (AvgIpc) is 2.76. The van der Waals surface area contributed by atoms with E-state index in [0.717, 1.165) is 28.6 Å². The highest BCUT2D eigenvalue weighted by Gasteiger charge is 2.07. The second-order valence-electron chi connectivity index (χ2n) is 3.89. The first-order chi connectivity index (χ1) is 8.60. The van der Waals surface area contributed by atoms with Crippen LogP contribution in [0.5, 0.6) is 5.75 Å². The molecule has 1 aromatic carbocycles. The molecule has 0 saturated carbocycles. The number of nitrogens with one attached hydrogen (secondary N) is 1. The first-order valence-corrected chi connectivity index (χ1v) is 7.04. The van der Waals surface area contributed by atoms with Crippen LogP contribution in [0.1, 0.15) is 10.4 Å². The Balaban J connectivity index is 2.15. The van der Waals surface area contributed by atoms with Gasteiger partial charge in [-0.1, -0.05) is 23.2 Å². The molecular weight excluding hydrogens is 289 g/mol. The average molecular weight is 302 g/mol. The van der Waals surface area contributed by atoms with Gasteiger partial charge in [-0.3, -0.25) is 0 Å². The Morgan fingerprint density at radius 1 is 1.28 bits per heavy atom. The smallest absolute Gasteiger partial charge is 0.143 e. The summed E-state index contributed by atoms with van der Waals surface area (Å²) in [6.45, 7) is 2.68. The molecule has 0 saturated heterocycles. The highest BCUT2D eigenvalue weighted by molar-refractivity contribution is 7.10. The minimum absolute atomic E-state index is 0.705. The first-order valence-electron chi connectivity index (χ1n) is 5.41. The van der Waals surface area contributed by atoms with Crippen molar-refractivity contribution in [3.63, 3.8) is 0 Å². The maximum absolute atomic E-state index is 6.06. The molecule has 0 amide bonds. The highest BCUT2D eigenvalue weighted by Crippen LogP contribution is 2.31. The number of rotatable bonds is 4. The summed E-state index contributed by atoms with van der Waals surface area (Å²) in [6.07, 6.45) is 0. The normalized spacial score (nSPS) is 10.4. The van der Waals surface area contributed by atoms with Gasteiger partial charge in [0.2, 0.25) is 0 Å². The van der Waals surface area contributed by atoms with E-state index in [4.69, 9.17) is 27.9 Å². The molecule has 1 N–H and O–H groups in total. The molecule has 18 heavy (non-hydrogen) atoms. The van der Waals surface area contributed by atoms with Crippen molar-refractivity contribution in [3.8, 4) is 5.75 Å². The molecule has 0 spiro atoms. The summed E-state index contributed by atoms with van der Waals surface area (Å²) in [4.78, 5) is 1.18. The Labute approximate surface area is 120 Å². The summed E-state index contributed by atoms with van der Waals surface area (Å²) in [6, 6.07) is 5.76. The number of thiophene rings is 1. The van der Waals surface area contributed by atoms with Gasteiger partial charge in [-0.25, -0.2) is 0 Å². The number of aryl methyl sites for hydroxylation is 1. The second kappa shape index (κ2) is 5.83. The topological polar surface area (TPSA) is 21.3 Å². The van der Waals surface area contributed by atoms with Crippen LogP contribution in [0.3, 0.4) is 0 Å². The zero-order valence-corrected chi connectivity index (χ0v) is 12.4. The van der Waals surface area contributed by atoms with Crippen LogP contribution in [0.2, 0.25) is 10.0 Å². The van der Waals surface area contributed by atoms with Crippen molar-refractivity contribution in [3.05, 3.63) is 44.1 Å². The van der Waals surface area contributed by atoms with Gasteiger partial charge in [0.05, 0.1) is 17.8 Å². The molecular formula is C13H13Cl2NOS. The molecule has 2 nitrogen and oxygen atoms in total. The third kappa shape index (κ3) is 3.10. The molecule has 96 valence electrons. The zero-order valence-electron chi connectivity index (χ0n) is 10.1. The van der Waals surface area contributed by atoms with E-state index in [-0.39, 0.29) is 0 Å². The van der Waals surface area contributed by atoms with Crippen molar-refractivity contribution in [2.24, 2.45) is 0 Å². The molecule has 0 aliphatic rings. The van der Waals surface area contributed by atoms with E-state index in [1.165, 1.54) is 4.88 Å². The lowest BCUT2D eigenvalue weighted by Crippen LogP contribution is -2.00. The van der Waals surface area contributed by atoms with E-state index >= 15 is 0 Å². The predicted molar refractivity (Wildman–Crippen MR) is 79.4 cm³/mol. The van der Waals surface area contributed by atoms with Gasteiger partial charge in [0, 0.05) is 27.9 Å². The Kier molecular flexibility index (Phi) is 4.38. The Morgan fingerprint density at radius 2 is 2.06 bits per heavy atom. The largest absolute Gasteiger partial charge is 0.495 e. The summed E-state index contributed by atoms with van der Waals surface area (Å²) >= 11 is 13.6. The molecule has 0 unspecified atom stereocenters. The number of halogens is 2.